The molecule has 0 atom stereocenters. The molecule has 5 nitrogen and oxygen atoms in total. The van der Waals surface area contributed by atoms with Crippen LogP contribution in [0.4, 0.5) is 4.39 Å². The summed E-state index contributed by atoms with van der Waals surface area (Å²) in [6.45, 7) is 3.08. The number of nitrogens with zero attached hydrogens (tertiary/aromatic N) is 1. The molecule has 0 aliphatic carbocycles. The fourth-order valence-corrected chi connectivity index (χ4v) is 2.46. The Morgan fingerprint density at radius 1 is 1.27 bits per heavy atom. The predicted molar refractivity (Wildman–Crippen MR) is 80.6 cm³/mol. The number of hydrogen-bond donors (Lipinski definition) is 1. The number of carbonyl (C=O) groups is 2. The molecule has 0 saturated carbocycles. The highest BCUT2D eigenvalue weighted by atomic mass is 19.1. The molecule has 0 unspecified atom stereocenters. The summed E-state index contributed by atoms with van der Waals surface area (Å²) in [6.07, 6.45) is 1.17. The Morgan fingerprint density at radius 2 is 2.09 bits per heavy atom. The number of halogens is 1. The van der Waals surface area contributed by atoms with Gasteiger partial charge in [-0.25, -0.2) is 4.39 Å². The van der Waals surface area contributed by atoms with E-state index >= 15 is 0 Å². The van der Waals surface area contributed by atoms with Crippen LogP contribution in [-0.4, -0.2) is 49.9 Å². The maximum Gasteiger partial charge on any atom is 0.223 e. The molecule has 1 heterocycles. The van der Waals surface area contributed by atoms with Crippen molar-refractivity contribution in [2.75, 3.05) is 33.3 Å². The molecule has 6 heteroatoms. The summed E-state index contributed by atoms with van der Waals surface area (Å²) >= 11 is 0. The van der Waals surface area contributed by atoms with Crippen molar-refractivity contribution in [1.29, 1.82) is 0 Å². The van der Waals surface area contributed by atoms with Gasteiger partial charge >= 0.3 is 0 Å². The van der Waals surface area contributed by atoms with Gasteiger partial charge in [-0.05, 0) is 31.2 Å². The number of amides is 1. The molecule has 1 N–H and O–H groups in total. The lowest BCUT2D eigenvalue weighted by atomic mass is 10.1. The molecule has 1 aromatic carbocycles. The Kier molecular flexibility index (Phi) is 5.89. The van der Waals surface area contributed by atoms with Gasteiger partial charge in [0.25, 0.3) is 0 Å². The van der Waals surface area contributed by atoms with Gasteiger partial charge in [0.1, 0.15) is 0 Å². The zero-order valence-electron chi connectivity index (χ0n) is 12.7. The second-order valence-electron chi connectivity index (χ2n) is 5.26. The first-order valence-electron chi connectivity index (χ1n) is 7.47. The summed E-state index contributed by atoms with van der Waals surface area (Å²) < 4.78 is 18.4. The highest BCUT2D eigenvalue weighted by Crippen LogP contribution is 2.19. The number of ketones is 1. The van der Waals surface area contributed by atoms with Crippen LogP contribution in [0.15, 0.2) is 18.2 Å². The van der Waals surface area contributed by atoms with Gasteiger partial charge < -0.3 is 15.0 Å². The molecule has 0 radical (unpaired) electrons. The van der Waals surface area contributed by atoms with Crippen molar-refractivity contribution in [1.82, 2.24) is 10.2 Å². The van der Waals surface area contributed by atoms with Crippen LogP contribution in [0, 0.1) is 5.82 Å². The van der Waals surface area contributed by atoms with Crippen LogP contribution >= 0.6 is 0 Å². The minimum Gasteiger partial charge on any atom is -0.494 e. The van der Waals surface area contributed by atoms with E-state index in [0.29, 0.717) is 6.54 Å². The topological polar surface area (TPSA) is 58.6 Å². The summed E-state index contributed by atoms with van der Waals surface area (Å²) in [5.41, 5.74) is 0.267. The average molecular weight is 308 g/mol. The Labute approximate surface area is 129 Å². The van der Waals surface area contributed by atoms with Crippen molar-refractivity contribution in [2.45, 2.75) is 19.3 Å². The molecule has 0 spiro atoms. The standard InChI is InChI=1S/C16H21FN2O3/c1-22-15-5-3-12(11-13(15)17)14(20)4-6-16(21)19-9-2-7-18-8-10-19/h3,5,11,18H,2,4,6-10H2,1H3. The van der Waals surface area contributed by atoms with Gasteiger partial charge in [-0.2, -0.15) is 0 Å². The van der Waals surface area contributed by atoms with Crippen molar-refractivity contribution in [3.8, 4) is 5.75 Å². The van der Waals surface area contributed by atoms with Gasteiger partial charge in [-0.15, -0.1) is 0 Å². The van der Waals surface area contributed by atoms with Crippen LogP contribution < -0.4 is 10.1 Å². The molecule has 1 aromatic rings. The SMILES string of the molecule is COc1ccc(C(=O)CCC(=O)N2CCCNCC2)cc1F. The smallest absolute Gasteiger partial charge is 0.223 e. The van der Waals surface area contributed by atoms with Gasteiger partial charge in [0, 0.05) is 38.0 Å². The monoisotopic (exact) mass is 308 g/mol. The number of hydrogen-bond acceptors (Lipinski definition) is 4. The molecule has 1 fully saturated rings. The molecule has 22 heavy (non-hydrogen) atoms. The number of Topliss-reactive ketones (excluding diaryl/α,β-unsaturated/α-hetero) is 1. The normalized spacial score (nSPS) is 15.3. The summed E-state index contributed by atoms with van der Waals surface area (Å²) in [6, 6.07) is 4.09. The predicted octanol–water partition coefficient (Wildman–Crippen LogP) is 1.62. The number of nitrogens with one attached hydrogen (secondary N) is 1. The minimum atomic E-state index is -0.571. The molecular weight excluding hydrogens is 287 g/mol. The third-order valence-electron chi connectivity index (χ3n) is 3.73. The first-order valence-corrected chi connectivity index (χ1v) is 7.47. The maximum absolute atomic E-state index is 13.6. The Morgan fingerprint density at radius 3 is 2.82 bits per heavy atom. The number of ether oxygens (including phenoxy) is 1. The second-order valence-corrected chi connectivity index (χ2v) is 5.26. The van der Waals surface area contributed by atoms with Gasteiger partial charge in [0.2, 0.25) is 5.91 Å². The lowest BCUT2D eigenvalue weighted by molar-refractivity contribution is -0.130. The molecule has 120 valence electrons. The lowest BCUT2D eigenvalue weighted by Gasteiger charge is -2.19. The van der Waals surface area contributed by atoms with Crippen LogP contribution in [0.3, 0.4) is 0 Å². The first kappa shape index (κ1) is 16.4. The number of methoxy groups -OCH3 is 1. The average Bonchev–Trinajstić information content (AvgIpc) is 2.81. The minimum absolute atomic E-state index is 0.0222. The first-order chi connectivity index (χ1) is 10.6. The molecule has 1 aliphatic heterocycles. The van der Waals surface area contributed by atoms with Gasteiger partial charge in [-0.1, -0.05) is 0 Å². The number of carbonyl (C=O) groups excluding carboxylic acids is 2. The van der Waals surface area contributed by atoms with E-state index in [1.807, 2.05) is 0 Å². The highest BCUT2D eigenvalue weighted by molar-refractivity contribution is 5.98. The van der Waals surface area contributed by atoms with Crippen molar-refractivity contribution in [3.05, 3.63) is 29.6 Å². The Bertz CT molecular complexity index is 540. The van der Waals surface area contributed by atoms with Crippen LogP contribution in [-0.2, 0) is 4.79 Å². The van der Waals surface area contributed by atoms with Gasteiger partial charge in [0.15, 0.2) is 17.3 Å². The van der Waals surface area contributed by atoms with Crippen LogP contribution in [0.5, 0.6) is 5.75 Å². The Balaban J connectivity index is 1.89. The molecule has 0 bridgehead atoms. The number of rotatable bonds is 5. The third kappa shape index (κ3) is 4.27. The lowest BCUT2D eigenvalue weighted by Crippen LogP contribution is -2.34. The van der Waals surface area contributed by atoms with E-state index in [4.69, 9.17) is 4.74 Å². The van der Waals surface area contributed by atoms with E-state index in [1.54, 1.807) is 4.90 Å². The summed E-state index contributed by atoms with van der Waals surface area (Å²) in [4.78, 5) is 25.9. The van der Waals surface area contributed by atoms with Crippen molar-refractivity contribution < 1.29 is 18.7 Å². The molecule has 0 aromatic heterocycles. The maximum atomic E-state index is 13.6. The Hall–Kier alpha value is -1.95. The summed E-state index contributed by atoms with van der Waals surface area (Å²) in [5, 5.41) is 3.23. The fraction of sp³-hybridized carbons (Fsp3) is 0.500. The second kappa shape index (κ2) is 7.89. The highest BCUT2D eigenvalue weighted by Gasteiger charge is 2.17. The van der Waals surface area contributed by atoms with E-state index in [1.165, 1.54) is 19.2 Å². The van der Waals surface area contributed by atoms with Gasteiger partial charge in [-0.3, -0.25) is 9.59 Å². The van der Waals surface area contributed by atoms with Gasteiger partial charge in [0.05, 0.1) is 7.11 Å². The summed E-state index contributed by atoms with van der Waals surface area (Å²) in [7, 11) is 1.37. The number of benzene rings is 1. The summed E-state index contributed by atoms with van der Waals surface area (Å²) in [5.74, 6) is -0.725. The van der Waals surface area contributed by atoms with E-state index in [9.17, 15) is 14.0 Å². The van der Waals surface area contributed by atoms with Crippen molar-refractivity contribution in [2.24, 2.45) is 0 Å². The van der Waals surface area contributed by atoms with Crippen LogP contribution in [0.25, 0.3) is 0 Å². The third-order valence-corrected chi connectivity index (χ3v) is 3.73. The largest absolute Gasteiger partial charge is 0.494 e. The van der Waals surface area contributed by atoms with Crippen molar-refractivity contribution >= 4 is 11.7 Å². The quantitative estimate of drug-likeness (QED) is 0.840. The molecular formula is C16H21FN2O3. The van der Waals surface area contributed by atoms with E-state index in [0.717, 1.165) is 32.1 Å². The molecule has 2 rings (SSSR count). The zero-order chi connectivity index (χ0) is 15.9. The molecule has 1 amide bonds. The van der Waals surface area contributed by atoms with Crippen molar-refractivity contribution in [3.63, 3.8) is 0 Å². The van der Waals surface area contributed by atoms with E-state index in [2.05, 4.69) is 5.32 Å². The fourth-order valence-electron chi connectivity index (χ4n) is 2.46. The van der Waals surface area contributed by atoms with E-state index in [-0.39, 0.29) is 35.8 Å². The van der Waals surface area contributed by atoms with Crippen LogP contribution in [0.2, 0.25) is 0 Å². The van der Waals surface area contributed by atoms with Crippen LogP contribution in [0.1, 0.15) is 29.6 Å². The molecule has 1 saturated heterocycles. The molecule has 1 aliphatic rings. The zero-order valence-corrected chi connectivity index (χ0v) is 12.7. The van der Waals surface area contributed by atoms with E-state index < -0.39 is 5.82 Å².